The Hall–Kier alpha value is -0.640. The molecule has 0 aromatic carbocycles. The minimum Gasteiger partial charge on any atom is -0.370 e. The van der Waals surface area contributed by atoms with Crippen LogP contribution in [0.5, 0.6) is 0 Å². The van der Waals surface area contributed by atoms with Gasteiger partial charge in [0.1, 0.15) is 12.1 Å². The van der Waals surface area contributed by atoms with Crippen LogP contribution in [0.1, 0.15) is 45.2 Å². The number of nitrogens with zero attached hydrogens (tertiary/aromatic N) is 2. The molecule has 90 valence electrons. The Kier molecular flexibility index (Phi) is 5.74. The molecular formula is C12H20BrN3. The lowest BCUT2D eigenvalue weighted by molar-refractivity contribution is 0.770. The molecule has 1 heterocycles. The summed E-state index contributed by atoms with van der Waals surface area (Å²) in [6, 6.07) is 2.03. The minimum absolute atomic E-state index is 0.447. The van der Waals surface area contributed by atoms with Gasteiger partial charge in [-0.3, -0.25) is 0 Å². The van der Waals surface area contributed by atoms with Gasteiger partial charge in [0, 0.05) is 23.1 Å². The number of nitrogens with one attached hydrogen (secondary N) is 1. The van der Waals surface area contributed by atoms with Gasteiger partial charge in [-0.2, -0.15) is 0 Å². The predicted molar refractivity (Wildman–Crippen MR) is 72.2 cm³/mol. The molecule has 0 radical (unpaired) electrons. The molecule has 1 N–H and O–H groups in total. The van der Waals surface area contributed by atoms with Crippen molar-refractivity contribution in [2.75, 3.05) is 11.9 Å². The zero-order valence-electron chi connectivity index (χ0n) is 10.2. The maximum atomic E-state index is 4.24. The number of anilines is 1. The first-order valence-corrected chi connectivity index (χ1v) is 6.75. The topological polar surface area (TPSA) is 37.8 Å². The van der Waals surface area contributed by atoms with Crippen molar-refractivity contribution in [1.82, 2.24) is 9.97 Å². The average Bonchev–Trinajstić information content (AvgIpc) is 2.29. The highest BCUT2D eigenvalue weighted by Gasteiger charge is 2.03. The maximum Gasteiger partial charge on any atom is 0.129 e. The third-order valence-electron chi connectivity index (χ3n) is 2.49. The van der Waals surface area contributed by atoms with E-state index >= 15 is 0 Å². The number of alkyl halides is 1. The van der Waals surface area contributed by atoms with E-state index in [4.69, 9.17) is 0 Å². The van der Waals surface area contributed by atoms with Crippen molar-refractivity contribution in [3.63, 3.8) is 0 Å². The van der Waals surface area contributed by atoms with Gasteiger partial charge < -0.3 is 5.32 Å². The molecule has 0 aliphatic carbocycles. The highest BCUT2D eigenvalue weighted by atomic mass is 79.9. The van der Waals surface area contributed by atoms with E-state index in [-0.39, 0.29) is 0 Å². The van der Waals surface area contributed by atoms with Crippen LogP contribution < -0.4 is 5.32 Å². The fraction of sp³-hybridized carbons (Fsp3) is 0.667. The van der Waals surface area contributed by atoms with Crippen LogP contribution in [0.2, 0.25) is 0 Å². The van der Waals surface area contributed by atoms with E-state index in [2.05, 4.69) is 52.0 Å². The molecule has 0 amide bonds. The first-order valence-electron chi connectivity index (χ1n) is 5.83. The van der Waals surface area contributed by atoms with E-state index in [9.17, 15) is 0 Å². The zero-order chi connectivity index (χ0) is 12.0. The normalized spacial score (nSPS) is 12.8. The number of hydrogen-bond donors (Lipinski definition) is 1. The molecule has 0 aliphatic heterocycles. The highest BCUT2D eigenvalue weighted by Crippen LogP contribution is 2.14. The van der Waals surface area contributed by atoms with Crippen molar-refractivity contribution < 1.29 is 0 Å². The fourth-order valence-corrected chi connectivity index (χ4v) is 1.57. The van der Waals surface area contributed by atoms with Crippen molar-refractivity contribution >= 4 is 21.7 Å². The summed E-state index contributed by atoms with van der Waals surface area (Å²) < 4.78 is 0. The molecule has 1 unspecified atom stereocenters. The number of halogens is 1. The minimum atomic E-state index is 0.447. The third kappa shape index (κ3) is 4.47. The molecule has 1 aromatic heterocycles. The smallest absolute Gasteiger partial charge is 0.129 e. The molecular weight excluding hydrogens is 266 g/mol. The molecule has 0 spiro atoms. The Balaban J connectivity index is 2.45. The highest BCUT2D eigenvalue weighted by molar-refractivity contribution is 9.09. The third-order valence-corrected chi connectivity index (χ3v) is 3.59. The first kappa shape index (κ1) is 13.4. The molecule has 1 aromatic rings. The van der Waals surface area contributed by atoms with Gasteiger partial charge in [-0.05, 0) is 18.8 Å². The van der Waals surface area contributed by atoms with Crippen LogP contribution in [0.4, 0.5) is 5.82 Å². The summed E-state index contributed by atoms with van der Waals surface area (Å²) in [6.45, 7) is 7.40. The van der Waals surface area contributed by atoms with E-state index in [1.165, 1.54) is 0 Å². The van der Waals surface area contributed by atoms with Gasteiger partial charge in [0.05, 0.1) is 0 Å². The monoisotopic (exact) mass is 285 g/mol. The summed E-state index contributed by atoms with van der Waals surface area (Å²) in [5.74, 6) is 1.37. The van der Waals surface area contributed by atoms with Crippen molar-refractivity contribution in [2.24, 2.45) is 0 Å². The molecule has 0 fully saturated rings. The Labute approximate surface area is 106 Å². The zero-order valence-corrected chi connectivity index (χ0v) is 11.8. The number of hydrogen-bond acceptors (Lipinski definition) is 3. The van der Waals surface area contributed by atoms with E-state index < -0.39 is 0 Å². The molecule has 0 saturated heterocycles. The van der Waals surface area contributed by atoms with E-state index in [0.29, 0.717) is 10.7 Å². The van der Waals surface area contributed by atoms with Crippen LogP contribution in [0, 0.1) is 0 Å². The van der Waals surface area contributed by atoms with Crippen molar-refractivity contribution in [1.29, 1.82) is 0 Å². The summed E-state index contributed by atoms with van der Waals surface area (Å²) in [5, 5.41) is 3.32. The van der Waals surface area contributed by atoms with Gasteiger partial charge in [-0.25, -0.2) is 9.97 Å². The van der Waals surface area contributed by atoms with Gasteiger partial charge in [-0.15, -0.1) is 0 Å². The molecule has 0 aliphatic rings. The summed E-state index contributed by atoms with van der Waals surface area (Å²) in [7, 11) is 0. The molecule has 0 saturated carbocycles. The van der Waals surface area contributed by atoms with Crippen LogP contribution in [-0.4, -0.2) is 21.3 Å². The van der Waals surface area contributed by atoms with E-state index in [0.717, 1.165) is 30.9 Å². The van der Waals surface area contributed by atoms with Gasteiger partial charge in [0.2, 0.25) is 0 Å². The second kappa shape index (κ2) is 6.84. The van der Waals surface area contributed by atoms with Crippen molar-refractivity contribution in [2.45, 2.75) is 44.4 Å². The summed E-state index contributed by atoms with van der Waals surface area (Å²) in [4.78, 5) is 9.03. The van der Waals surface area contributed by atoms with Crippen LogP contribution in [0.15, 0.2) is 12.4 Å². The van der Waals surface area contributed by atoms with Gasteiger partial charge >= 0.3 is 0 Å². The predicted octanol–water partition coefficient (Wildman–Crippen LogP) is 3.58. The Bertz CT molecular complexity index is 315. The summed E-state index contributed by atoms with van der Waals surface area (Å²) >= 11 is 3.62. The first-order chi connectivity index (χ1) is 7.63. The molecule has 3 nitrogen and oxygen atoms in total. The SMILES string of the molecule is CCC(Br)CCNc1cc(C(C)C)ncn1. The van der Waals surface area contributed by atoms with Gasteiger partial charge in [-0.1, -0.05) is 36.7 Å². The second-order valence-corrected chi connectivity index (χ2v) is 5.50. The second-order valence-electron chi connectivity index (χ2n) is 4.20. The fourth-order valence-electron chi connectivity index (χ4n) is 1.35. The Morgan fingerprint density at radius 3 is 2.75 bits per heavy atom. The lowest BCUT2D eigenvalue weighted by atomic mass is 10.1. The molecule has 1 rings (SSSR count). The van der Waals surface area contributed by atoms with Crippen LogP contribution >= 0.6 is 15.9 Å². The van der Waals surface area contributed by atoms with Crippen LogP contribution in [0.3, 0.4) is 0 Å². The Morgan fingerprint density at radius 1 is 1.38 bits per heavy atom. The van der Waals surface area contributed by atoms with Crippen molar-refractivity contribution in [3.05, 3.63) is 18.1 Å². The molecule has 16 heavy (non-hydrogen) atoms. The summed E-state index contributed by atoms with van der Waals surface area (Å²) in [6.07, 6.45) is 3.89. The number of aromatic nitrogens is 2. The molecule has 1 atom stereocenters. The average molecular weight is 286 g/mol. The Morgan fingerprint density at radius 2 is 2.12 bits per heavy atom. The number of rotatable bonds is 6. The summed E-state index contributed by atoms with van der Waals surface area (Å²) in [5.41, 5.74) is 1.09. The molecule has 0 bridgehead atoms. The molecule has 4 heteroatoms. The van der Waals surface area contributed by atoms with Gasteiger partial charge in [0.15, 0.2) is 0 Å². The quantitative estimate of drug-likeness (QED) is 0.812. The van der Waals surface area contributed by atoms with E-state index in [1.807, 2.05) is 6.07 Å². The van der Waals surface area contributed by atoms with Crippen molar-refractivity contribution in [3.8, 4) is 0 Å². The largest absolute Gasteiger partial charge is 0.370 e. The van der Waals surface area contributed by atoms with Crippen LogP contribution in [0.25, 0.3) is 0 Å². The lowest BCUT2D eigenvalue weighted by Gasteiger charge is -2.10. The van der Waals surface area contributed by atoms with E-state index in [1.54, 1.807) is 6.33 Å². The maximum absolute atomic E-state index is 4.24. The van der Waals surface area contributed by atoms with Gasteiger partial charge in [0.25, 0.3) is 0 Å². The lowest BCUT2D eigenvalue weighted by Crippen LogP contribution is -2.09. The van der Waals surface area contributed by atoms with Crippen LogP contribution in [-0.2, 0) is 0 Å². The standard InChI is InChI=1S/C12H20BrN3/c1-4-10(13)5-6-14-12-7-11(9(2)3)15-8-16-12/h7-10H,4-6H2,1-3H3,(H,14,15,16).